The van der Waals surface area contributed by atoms with Gasteiger partial charge in [0.05, 0.1) is 12.5 Å². The van der Waals surface area contributed by atoms with Gasteiger partial charge in [-0.05, 0) is 17.8 Å². The van der Waals surface area contributed by atoms with Crippen molar-refractivity contribution < 1.29 is 34.2 Å². The normalized spacial score (nSPS) is 16.0. The van der Waals surface area contributed by atoms with Gasteiger partial charge in [0.2, 0.25) is 17.7 Å². The van der Waals surface area contributed by atoms with E-state index >= 15 is 0 Å². The summed E-state index contributed by atoms with van der Waals surface area (Å²) in [5.41, 5.74) is 5.76. The number of hydrogen-bond acceptors (Lipinski definition) is 6. The molecule has 0 saturated carbocycles. The lowest BCUT2D eigenvalue weighted by Crippen LogP contribution is -2.59. The third kappa shape index (κ3) is 9.33. The zero-order valence-corrected chi connectivity index (χ0v) is 19.0. The average Bonchev–Trinajstić information content (AvgIpc) is 2.66. The maximum absolute atomic E-state index is 12.8. The molecule has 0 aliphatic rings. The number of carboxylic acids is 2. The highest BCUT2D eigenvalue weighted by molar-refractivity contribution is 5.95. The Kier molecular flexibility index (Phi) is 11.8. The number of nitrogens with one attached hydrogen (secondary N) is 3. The van der Waals surface area contributed by atoms with Crippen molar-refractivity contribution in [3.8, 4) is 0 Å². The quantitative estimate of drug-likeness (QED) is 0.223. The number of carbonyl (C=O) groups is 5. The molecule has 3 amide bonds. The van der Waals surface area contributed by atoms with E-state index in [4.69, 9.17) is 10.8 Å². The Labute approximate surface area is 182 Å². The highest BCUT2D eigenvalue weighted by atomic mass is 16.4. The minimum atomic E-state index is -1.45. The van der Waals surface area contributed by atoms with Crippen LogP contribution < -0.4 is 21.7 Å². The predicted molar refractivity (Wildman–Crippen MR) is 113 cm³/mol. The van der Waals surface area contributed by atoms with Gasteiger partial charge in [0, 0.05) is 0 Å². The number of aliphatic carboxylic acids is 2. The molecule has 0 aliphatic heterocycles. The van der Waals surface area contributed by atoms with Crippen LogP contribution in [0.2, 0.25) is 0 Å². The molecule has 0 heterocycles. The van der Waals surface area contributed by atoms with E-state index in [2.05, 4.69) is 16.0 Å². The molecule has 0 saturated heterocycles. The van der Waals surface area contributed by atoms with Crippen LogP contribution in [0, 0.1) is 17.8 Å². The molecule has 0 fully saturated rings. The standard InChI is InChI=1S/C20H36N4O7/c1-7-11(6)16(19(29)23-15(10(4)5)20(30)31)24-17(27)12(8-13(25)26)22-18(28)14(21)9(2)3/h9-12,14-16H,7-8,21H2,1-6H3,(H,22,28)(H,23,29)(H,24,27)(H,25,26)(H,30,31). The molecule has 31 heavy (non-hydrogen) atoms. The summed E-state index contributed by atoms with van der Waals surface area (Å²) in [5, 5.41) is 25.6. The van der Waals surface area contributed by atoms with Gasteiger partial charge in [0.15, 0.2) is 0 Å². The van der Waals surface area contributed by atoms with Crippen LogP contribution in [0.15, 0.2) is 0 Å². The SMILES string of the molecule is CCC(C)C(NC(=O)C(CC(=O)O)NC(=O)C(N)C(C)C)C(=O)NC(C(=O)O)C(C)C. The van der Waals surface area contributed by atoms with Gasteiger partial charge < -0.3 is 31.9 Å². The topological polar surface area (TPSA) is 188 Å². The van der Waals surface area contributed by atoms with Gasteiger partial charge in [-0.25, -0.2) is 4.79 Å². The zero-order valence-electron chi connectivity index (χ0n) is 19.0. The molecular weight excluding hydrogens is 408 g/mol. The van der Waals surface area contributed by atoms with Crippen LogP contribution in [0.3, 0.4) is 0 Å². The van der Waals surface area contributed by atoms with E-state index in [0.29, 0.717) is 6.42 Å². The molecule has 0 aromatic rings. The summed E-state index contributed by atoms with van der Waals surface area (Å²) in [6.07, 6.45) is -0.229. The van der Waals surface area contributed by atoms with E-state index in [-0.39, 0.29) is 11.8 Å². The first-order chi connectivity index (χ1) is 14.2. The van der Waals surface area contributed by atoms with E-state index in [9.17, 15) is 29.1 Å². The molecule has 7 N–H and O–H groups in total. The van der Waals surface area contributed by atoms with Crippen LogP contribution in [-0.4, -0.2) is 64.0 Å². The fourth-order valence-electron chi connectivity index (χ4n) is 2.67. The lowest BCUT2D eigenvalue weighted by molar-refractivity contribution is -0.144. The first-order valence-electron chi connectivity index (χ1n) is 10.3. The van der Waals surface area contributed by atoms with Crippen molar-refractivity contribution in [1.82, 2.24) is 16.0 Å². The molecule has 5 unspecified atom stereocenters. The zero-order chi connectivity index (χ0) is 24.5. The minimum Gasteiger partial charge on any atom is -0.481 e. The number of rotatable bonds is 13. The van der Waals surface area contributed by atoms with Crippen LogP contribution in [0.25, 0.3) is 0 Å². The second-order valence-electron chi connectivity index (χ2n) is 8.37. The van der Waals surface area contributed by atoms with E-state index in [1.165, 1.54) is 0 Å². The summed E-state index contributed by atoms with van der Waals surface area (Å²) in [6, 6.07) is -4.67. The molecule has 11 nitrogen and oxygen atoms in total. The van der Waals surface area contributed by atoms with E-state index in [0.717, 1.165) is 0 Å². The highest BCUT2D eigenvalue weighted by Gasteiger charge is 2.34. The van der Waals surface area contributed by atoms with E-state index < -0.39 is 66.2 Å². The molecule has 5 atom stereocenters. The fraction of sp³-hybridized carbons (Fsp3) is 0.750. The van der Waals surface area contributed by atoms with Crippen molar-refractivity contribution in [2.24, 2.45) is 23.5 Å². The predicted octanol–water partition coefficient (Wildman–Crippen LogP) is -0.314. The van der Waals surface area contributed by atoms with Crippen LogP contribution in [0.5, 0.6) is 0 Å². The van der Waals surface area contributed by atoms with Gasteiger partial charge in [0.1, 0.15) is 18.1 Å². The van der Waals surface area contributed by atoms with Crippen molar-refractivity contribution in [2.75, 3.05) is 0 Å². The molecule has 0 rings (SSSR count). The highest BCUT2D eigenvalue weighted by Crippen LogP contribution is 2.11. The van der Waals surface area contributed by atoms with Crippen molar-refractivity contribution in [2.45, 2.75) is 78.6 Å². The lowest BCUT2D eigenvalue weighted by atomic mass is 9.96. The van der Waals surface area contributed by atoms with Crippen LogP contribution in [0.4, 0.5) is 0 Å². The van der Waals surface area contributed by atoms with Crippen LogP contribution in [0.1, 0.15) is 54.4 Å². The monoisotopic (exact) mass is 444 g/mol. The van der Waals surface area contributed by atoms with Crippen molar-refractivity contribution in [3.05, 3.63) is 0 Å². The Morgan fingerprint density at radius 1 is 0.774 bits per heavy atom. The lowest BCUT2D eigenvalue weighted by Gasteiger charge is -2.28. The Balaban J connectivity index is 5.59. The molecule has 0 aromatic carbocycles. The fourth-order valence-corrected chi connectivity index (χ4v) is 2.67. The Hall–Kier alpha value is -2.69. The number of nitrogens with two attached hydrogens (primary N) is 1. The molecule has 11 heteroatoms. The molecule has 0 radical (unpaired) electrons. The third-order valence-electron chi connectivity index (χ3n) is 5.06. The number of carboxylic acid groups (broad SMARTS) is 2. The molecule has 0 aliphatic carbocycles. The Bertz CT molecular complexity index is 666. The van der Waals surface area contributed by atoms with Gasteiger partial charge in [-0.1, -0.05) is 48.0 Å². The number of amides is 3. The van der Waals surface area contributed by atoms with Gasteiger partial charge in [0.25, 0.3) is 0 Å². The summed E-state index contributed by atoms with van der Waals surface area (Å²) < 4.78 is 0. The summed E-state index contributed by atoms with van der Waals surface area (Å²) >= 11 is 0. The van der Waals surface area contributed by atoms with Crippen molar-refractivity contribution in [1.29, 1.82) is 0 Å². The molecule has 0 aromatic heterocycles. The van der Waals surface area contributed by atoms with Crippen molar-refractivity contribution >= 4 is 29.7 Å². The largest absolute Gasteiger partial charge is 0.481 e. The maximum atomic E-state index is 12.8. The second kappa shape index (κ2) is 12.9. The summed E-state index contributed by atoms with van der Waals surface area (Å²) in [7, 11) is 0. The van der Waals surface area contributed by atoms with Gasteiger partial charge in [-0.3, -0.25) is 19.2 Å². The molecule has 0 bridgehead atoms. The van der Waals surface area contributed by atoms with Gasteiger partial charge >= 0.3 is 11.9 Å². The number of hydrogen-bond donors (Lipinski definition) is 6. The van der Waals surface area contributed by atoms with Gasteiger partial charge in [-0.2, -0.15) is 0 Å². The molecular formula is C20H36N4O7. The second-order valence-corrected chi connectivity index (χ2v) is 8.37. The van der Waals surface area contributed by atoms with Crippen molar-refractivity contribution in [3.63, 3.8) is 0 Å². The first-order valence-corrected chi connectivity index (χ1v) is 10.3. The minimum absolute atomic E-state index is 0.240. The number of carbonyl (C=O) groups excluding carboxylic acids is 3. The average molecular weight is 445 g/mol. The van der Waals surface area contributed by atoms with Crippen LogP contribution in [-0.2, 0) is 24.0 Å². The first kappa shape index (κ1) is 28.3. The Morgan fingerprint density at radius 3 is 1.68 bits per heavy atom. The Morgan fingerprint density at radius 2 is 1.29 bits per heavy atom. The third-order valence-corrected chi connectivity index (χ3v) is 5.06. The molecule has 178 valence electrons. The summed E-state index contributed by atoms with van der Waals surface area (Å²) in [4.78, 5) is 60.4. The van der Waals surface area contributed by atoms with Crippen LogP contribution >= 0.6 is 0 Å². The summed E-state index contributed by atoms with van der Waals surface area (Å²) in [6.45, 7) is 10.1. The summed E-state index contributed by atoms with van der Waals surface area (Å²) in [5.74, 6) is -5.82. The molecule has 0 spiro atoms. The van der Waals surface area contributed by atoms with Gasteiger partial charge in [-0.15, -0.1) is 0 Å². The van der Waals surface area contributed by atoms with E-state index in [1.54, 1.807) is 41.5 Å². The smallest absolute Gasteiger partial charge is 0.326 e. The van der Waals surface area contributed by atoms with E-state index in [1.807, 2.05) is 0 Å². The maximum Gasteiger partial charge on any atom is 0.326 e.